The molecule has 0 fully saturated rings. The van der Waals surface area contributed by atoms with E-state index in [0.29, 0.717) is 22.9 Å². The summed E-state index contributed by atoms with van der Waals surface area (Å²) in [6, 6.07) is 9.87. The summed E-state index contributed by atoms with van der Waals surface area (Å²) < 4.78 is 24.1. The quantitative estimate of drug-likeness (QED) is 0.633. The van der Waals surface area contributed by atoms with Gasteiger partial charge in [0.1, 0.15) is 18.2 Å². The molecule has 0 atom stereocenters. The van der Waals surface area contributed by atoms with Crippen LogP contribution >= 0.6 is 11.6 Å². The maximum absolute atomic E-state index is 13.4. The van der Waals surface area contributed by atoms with Gasteiger partial charge in [0.15, 0.2) is 6.79 Å². The summed E-state index contributed by atoms with van der Waals surface area (Å²) in [6.45, 7) is 0.815. The third-order valence-electron chi connectivity index (χ3n) is 3.14. The third kappa shape index (κ3) is 3.37. The topological polar surface area (TPSA) is 40.0 Å². The molecule has 0 spiro atoms. The Morgan fingerprint density at radius 2 is 2.18 bits per heavy atom. The lowest BCUT2D eigenvalue weighted by Gasteiger charge is -2.20. The first kappa shape index (κ1) is 14.8. The average molecular weight is 322 g/mol. The van der Waals surface area contributed by atoms with E-state index in [1.807, 2.05) is 0 Å². The molecule has 0 radical (unpaired) electrons. The molecule has 22 heavy (non-hydrogen) atoms. The Labute approximate surface area is 132 Å². The van der Waals surface area contributed by atoms with Crippen LogP contribution < -0.4 is 4.74 Å². The molecule has 0 aliphatic carbocycles. The van der Waals surface area contributed by atoms with Crippen LogP contribution in [0.4, 0.5) is 4.39 Å². The van der Waals surface area contributed by atoms with Gasteiger partial charge in [-0.1, -0.05) is 35.0 Å². The number of benzene rings is 2. The van der Waals surface area contributed by atoms with Crippen molar-refractivity contribution in [2.45, 2.75) is 13.2 Å². The first-order chi connectivity index (χ1) is 10.7. The van der Waals surface area contributed by atoms with Gasteiger partial charge in [0.25, 0.3) is 0 Å². The molecule has 4 nitrogen and oxygen atoms in total. The fraction of sp³-hybridized carbons (Fsp3) is 0.188. The molecule has 2 aromatic carbocycles. The number of oxime groups is 1. The standard InChI is InChI=1S/C16H13ClFNO3/c17-14-5-12-8-20-10-21-16(12)13(6-14)9-22-19-7-11-3-1-2-4-15(11)18/h1-7H,8-10H2/b19-7-. The van der Waals surface area contributed by atoms with Crippen molar-refractivity contribution < 1.29 is 18.7 Å². The molecule has 1 heterocycles. The van der Waals surface area contributed by atoms with E-state index in [4.69, 9.17) is 25.9 Å². The number of hydrogen-bond acceptors (Lipinski definition) is 4. The maximum Gasteiger partial charge on any atom is 0.189 e. The van der Waals surface area contributed by atoms with Crippen LogP contribution in [0.1, 0.15) is 16.7 Å². The highest BCUT2D eigenvalue weighted by Gasteiger charge is 2.16. The van der Waals surface area contributed by atoms with E-state index in [0.717, 1.165) is 11.1 Å². The fourth-order valence-corrected chi connectivity index (χ4v) is 2.41. The van der Waals surface area contributed by atoms with Crippen LogP contribution in [0, 0.1) is 5.82 Å². The highest BCUT2D eigenvalue weighted by Crippen LogP contribution is 2.32. The highest BCUT2D eigenvalue weighted by atomic mass is 35.5. The zero-order valence-corrected chi connectivity index (χ0v) is 12.3. The SMILES string of the molecule is Fc1ccccc1/C=N\OCc1cc(Cl)cc2c1OCOC2. The summed E-state index contributed by atoms with van der Waals surface area (Å²) in [5.74, 6) is 0.354. The van der Waals surface area contributed by atoms with Gasteiger partial charge in [-0.3, -0.25) is 0 Å². The van der Waals surface area contributed by atoms with E-state index < -0.39 is 0 Å². The third-order valence-corrected chi connectivity index (χ3v) is 3.36. The molecule has 0 unspecified atom stereocenters. The predicted octanol–water partition coefficient (Wildman–Crippen LogP) is 3.90. The van der Waals surface area contributed by atoms with Crippen molar-refractivity contribution in [2.75, 3.05) is 6.79 Å². The van der Waals surface area contributed by atoms with E-state index in [1.54, 1.807) is 30.3 Å². The van der Waals surface area contributed by atoms with Gasteiger partial charge in [-0.05, 0) is 18.2 Å². The fourth-order valence-electron chi connectivity index (χ4n) is 2.14. The summed E-state index contributed by atoms with van der Waals surface area (Å²) in [4.78, 5) is 5.22. The molecule has 0 amide bonds. The number of rotatable bonds is 4. The zero-order valence-electron chi connectivity index (χ0n) is 11.6. The second kappa shape index (κ2) is 6.77. The van der Waals surface area contributed by atoms with Gasteiger partial charge < -0.3 is 14.3 Å². The van der Waals surface area contributed by atoms with Crippen molar-refractivity contribution in [3.63, 3.8) is 0 Å². The van der Waals surface area contributed by atoms with Gasteiger partial charge >= 0.3 is 0 Å². The van der Waals surface area contributed by atoms with E-state index in [1.165, 1.54) is 12.3 Å². The monoisotopic (exact) mass is 321 g/mol. The second-order valence-electron chi connectivity index (χ2n) is 4.69. The molecule has 0 saturated carbocycles. The molecule has 0 aromatic heterocycles. The van der Waals surface area contributed by atoms with Crippen molar-refractivity contribution in [3.8, 4) is 5.75 Å². The van der Waals surface area contributed by atoms with E-state index in [2.05, 4.69) is 5.16 Å². The summed E-state index contributed by atoms with van der Waals surface area (Å²) >= 11 is 6.06. The minimum Gasteiger partial charge on any atom is -0.467 e. The van der Waals surface area contributed by atoms with E-state index in [-0.39, 0.29) is 19.2 Å². The Morgan fingerprint density at radius 1 is 1.32 bits per heavy atom. The molecule has 0 bridgehead atoms. The molecule has 2 aromatic rings. The Balaban J connectivity index is 1.69. The van der Waals surface area contributed by atoms with Crippen LogP contribution in [0.2, 0.25) is 5.02 Å². The average Bonchev–Trinajstić information content (AvgIpc) is 2.53. The lowest BCUT2D eigenvalue weighted by atomic mass is 10.1. The molecular formula is C16H13ClFNO3. The highest BCUT2D eigenvalue weighted by molar-refractivity contribution is 6.30. The molecule has 3 rings (SSSR count). The molecule has 1 aliphatic heterocycles. The van der Waals surface area contributed by atoms with Gasteiger partial charge in [0, 0.05) is 21.7 Å². The van der Waals surface area contributed by atoms with Crippen molar-refractivity contribution >= 4 is 17.8 Å². The number of nitrogens with zero attached hydrogens (tertiary/aromatic N) is 1. The summed E-state index contributed by atoms with van der Waals surface area (Å²) in [7, 11) is 0. The van der Waals surface area contributed by atoms with Crippen molar-refractivity contribution in [2.24, 2.45) is 5.16 Å². The van der Waals surface area contributed by atoms with Gasteiger partial charge in [-0.25, -0.2) is 4.39 Å². The van der Waals surface area contributed by atoms with Crippen LogP contribution in [-0.4, -0.2) is 13.0 Å². The molecule has 0 N–H and O–H groups in total. The predicted molar refractivity (Wildman–Crippen MR) is 80.5 cm³/mol. The largest absolute Gasteiger partial charge is 0.467 e. The molecule has 0 saturated heterocycles. The second-order valence-corrected chi connectivity index (χ2v) is 5.13. The normalized spacial score (nSPS) is 13.7. The maximum atomic E-state index is 13.4. The first-order valence-electron chi connectivity index (χ1n) is 6.66. The van der Waals surface area contributed by atoms with Gasteiger partial charge in [-0.15, -0.1) is 0 Å². The summed E-state index contributed by atoms with van der Waals surface area (Å²) in [6.07, 6.45) is 1.33. The lowest BCUT2D eigenvalue weighted by molar-refractivity contribution is -0.0183. The van der Waals surface area contributed by atoms with Crippen LogP contribution in [0.15, 0.2) is 41.6 Å². The number of fused-ring (bicyclic) bond motifs is 1. The van der Waals surface area contributed by atoms with Crippen molar-refractivity contribution in [1.29, 1.82) is 0 Å². The van der Waals surface area contributed by atoms with Crippen LogP contribution in [0.5, 0.6) is 5.75 Å². The smallest absolute Gasteiger partial charge is 0.189 e. The Kier molecular flexibility index (Phi) is 4.56. The van der Waals surface area contributed by atoms with Crippen LogP contribution in [0.25, 0.3) is 0 Å². The van der Waals surface area contributed by atoms with E-state index in [9.17, 15) is 4.39 Å². The summed E-state index contributed by atoms with van der Waals surface area (Å²) in [5, 5.41) is 4.36. The Morgan fingerprint density at radius 3 is 3.05 bits per heavy atom. The number of halogens is 2. The van der Waals surface area contributed by atoms with E-state index >= 15 is 0 Å². The zero-order chi connectivity index (χ0) is 15.4. The molecule has 6 heteroatoms. The minimum absolute atomic E-state index is 0.174. The minimum atomic E-state index is -0.351. The number of hydrogen-bond donors (Lipinski definition) is 0. The van der Waals surface area contributed by atoms with Gasteiger partial charge in [-0.2, -0.15) is 0 Å². The Bertz CT molecular complexity index is 706. The van der Waals surface area contributed by atoms with Gasteiger partial charge in [0.05, 0.1) is 12.8 Å². The van der Waals surface area contributed by atoms with Crippen LogP contribution in [0.3, 0.4) is 0 Å². The molecular weight excluding hydrogens is 309 g/mol. The van der Waals surface area contributed by atoms with Crippen molar-refractivity contribution in [3.05, 3.63) is 63.9 Å². The molecule has 114 valence electrons. The van der Waals surface area contributed by atoms with Gasteiger partial charge in [0.2, 0.25) is 0 Å². The summed E-state index contributed by atoms with van der Waals surface area (Å²) in [5.41, 5.74) is 2.01. The van der Waals surface area contributed by atoms with Crippen molar-refractivity contribution in [1.82, 2.24) is 0 Å². The lowest BCUT2D eigenvalue weighted by Crippen LogP contribution is -2.13. The number of ether oxygens (including phenoxy) is 2. The van der Waals surface area contributed by atoms with Crippen LogP contribution in [-0.2, 0) is 22.8 Å². The molecule has 1 aliphatic rings. The Hall–Kier alpha value is -2.11. The first-order valence-corrected chi connectivity index (χ1v) is 7.03.